The van der Waals surface area contributed by atoms with Crippen molar-refractivity contribution >= 4 is 17.9 Å². The smallest absolute Gasteiger partial charge is 0.306 e. The van der Waals surface area contributed by atoms with Crippen LogP contribution in [0.3, 0.4) is 0 Å². The fourth-order valence-electron chi connectivity index (χ4n) is 7.39. The van der Waals surface area contributed by atoms with E-state index in [1.54, 1.807) is 0 Å². The number of allylic oxidation sites excluding steroid dienone is 20. The standard InChI is InChI=1S/C63H102O6/c1-4-7-10-13-16-19-22-25-27-29-31-33-35-38-41-44-47-50-53-56-62(65)68-59-60(58-67-61(64)55-52-49-46-43-40-37-24-21-18-15-12-9-6-3)69-63(66)57-54-51-48-45-42-39-36-34-32-30-28-26-23-20-17-14-11-8-5-2/h7-12,15-21,24-28,31,33,60H,4-6,13-14,22-23,29-30,32,34-59H2,1-3H3/b10-7+,11-8+,12-9+,18-15+,19-16+,20-17+,24-21+,27-25+,28-26+,33-31+. The third kappa shape index (κ3) is 54.6. The molecule has 1 atom stereocenters. The number of hydrogen-bond acceptors (Lipinski definition) is 6. The number of ether oxygens (including phenoxy) is 3. The quantitative estimate of drug-likeness (QED) is 0.0199. The first-order chi connectivity index (χ1) is 34.0. The van der Waals surface area contributed by atoms with Gasteiger partial charge in [-0.05, 0) is 109 Å². The number of rotatable bonds is 49. The molecule has 0 aromatic rings. The first-order valence-corrected chi connectivity index (χ1v) is 28.1. The molecule has 0 aromatic carbocycles. The maximum atomic E-state index is 12.9. The highest BCUT2D eigenvalue weighted by molar-refractivity contribution is 5.71. The van der Waals surface area contributed by atoms with E-state index in [2.05, 4.69) is 142 Å². The summed E-state index contributed by atoms with van der Waals surface area (Å²) in [6, 6.07) is 0. The zero-order valence-electron chi connectivity index (χ0n) is 44.5. The van der Waals surface area contributed by atoms with Gasteiger partial charge in [-0.1, -0.05) is 232 Å². The number of carbonyl (C=O) groups is 3. The van der Waals surface area contributed by atoms with Crippen LogP contribution in [0.4, 0.5) is 0 Å². The lowest BCUT2D eigenvalue weighted by atomic mass is 10.1. The second-order valence-corrected chi connectivity index (χ2v) is 18.1. The van der Waals surface area contributed by atoms with Gasteiger partial charge in [-0.15, -0.1) is 0 Å². The largest absolute Gasteiger partial charge is 0.462 e. The third-order valence-electron chi connectivity index (χ3n) is 11.5. The van der Waals surface area contributed by atoms with Crippen LogP contribution in [-0.4, -0.2) is 37.2 Å². The lowest BCUT2D eigenvalue weighted by molar-refractivity contribution is -0.167. The maximum Gasteiger partial charge on any atom is 0.306 e. The van der Waals surface area contributed by atoms with Gasteiger partial charge in [0.2, 0.25) is 0 Å². The normalized spacial score (nSPS) is 13.0. The minimum absolute atomic E-state index is 0.0976. The number of esters is 3. The molecule has 1 unspecified atom stereocenters. The van der Waals surface area contributed by atoms with E-state index in [4.69, 9.17) is 14.2 Å². The van der Waals surface area contributed by atoms with E-state index >= 15 is 0 Å². The van der Waals surface area contributed by atoms with Crippen LogP contribution in [0.15, 0.2) is 122 Å². The van der Waals surface area contributed by atoms with Crippen molar-refractivity contribution in [3.8, 4) is 0 Å². The Morgan fingerprint density at radius 3 is 0.971 bits per heavy atom. The topological polar surface area (TPSA) is 78.9 Å². The van der Waals surface area contributed by atoms with Gasteiger partial charge in [0.1, 0.15) is 13.2 Å². The van der Waals surface area contributed by atoms with E-state index in [1.165, 1.54) is 51.4 Å². The molecule has 6 heteroatoms. The molecular weight excluding hydrogens is 853 g/mol. The highest BCUT2D eigenvalue weighted by Crippen LogP contribution is 2.14. The molecule has 0 bridgehead atoms. The summed E-state index contributed by atoms with van der Waals surface area (Å²) in [5.41, 5.74) is 0. The lowest BCUT2D eigenvalue weighted by Gasteiger charge is -2.18. The molecule has 69 heavy (non-hydrogen) atoms. The average molecular weight is 956 g/mol. The van der Waals surface area contributed by atoms with E-state index in [1.807, 2.05) is 0 Å². The summed E-state index contributed by atoms with van der Waals surface area (Å²) in [5, 5.41) is 0. The van der Waals surface area contributed by atoms with Crippen LogP contribution in [0.25, 0.3) is 0 Å². The van der Waals surface area contributed by atoms with Crippen LogP contribution in [0.5, 0.6) is 0 Å². The Morgan fingerprint density at radius 1 is 0.304 bits per heavy atom. The molecular formula is C63H102O6. The molecule has 0 spiro atoms. The highest BCUT2D eigenvalue weighted by atomic mass is 16.6. The molecule has 0 aliphatic heterocycles. The Kier molecular flexibility index (Phi) is 53.0. The summed E-state index contributed by atoms with van der Waals surface area (Å²) < 4.78 is 16.8. The second kappa shape index (κ2) is 56.4. The Morgan fingerprint density at radius 2 is 0.594 bits per heavy atom. The fourth-order valence-corrected chi connectivity index (χ4v) is 7.39. The van der Waals surface area contributed by atoms with Gasteiger partial charge in [0.25, 0.3) is 0 Å². The van der Waals surface area contributed by atoms with Gasteiger partial charge in [-0.3, -0.25) is 14.4 Å². The molecule has 0 amide bonds. The zero-order valence-corrected chi connectivity index (χ0v) is 44.5. The summed E-state index contributed by atoms with van der Waals surface area (Å²) in [6.07, 6.45) is 77.6. The van der Waals surface area contributed by atoms with E-state index in [0.717, 1.165) is 148 Å². The van der Waals surface area contributed by atoms with Crippen molar-refractivity contribution in [3.05, 3.63) is 122 Å². The molecule has 0 aromatic heterocycles. The first kappa shape index (κ1) is 64.8. The molecule has 0 fully saturated rings. The SMILES string of the molecule is CC/C=C/C=C/C=C/CCCCCCCC(=O)OCC(COC(=O)CCCCCCCC/C=C/C/C=C/C/C=C/C/C=C/CC)OC(=O)CCCCCCCCCCC/C=C/C/C=C/C/C=C/CC. The summed E-state index contributed by atoms with van der Waals surface area (Å²) >= 11 is 0. The highest BCUT2D eigenvalue weighted by Gasteiger charge is 2.19. The maximum absolute atomic E-state index is 12.9. The lowest BCUT2D eigenvalue weighted by Crippen LogP contribution is -2.30. The molecule has 0 aliphatic rings. The van der Waals surface area contributed by atoms with Crippen LogP contribution in [0, 0.1) is 0 Å². The third-order valence-corrected chi connectivity index (χ3v) is 11.5. The summed E-state index contributed by atoms with van der Waals surface area (Å²) in [4.78, 5) is 38.1. The molecule has 6 nitrogen and oxygen atoms in total. The average Bonchev–Trinajstić information content (AvgIpc) is 3.35. The Hall–Kier alpha value is -4.19. The molecule has 0 heterocycles. The Balaban J connectivity index is 4.44. The van der Waals surface area contributed by atoms with Crippen LogP contribution >= 0.6 is 0 Å². The van der Waals surface area contributed by atoms with E-state index in [0.29, 0.717) is 19.3 Å². The minimum Gasteiger partial charge on any atom is -0.462 e. The Labute approximate surface area is 424 Å². The van der Waals surface area contributed by atoms with Crippen LogP contribution < -0.4 is 0 Å². The molecule has 0 saturated heterocycles. The molecule has 390 valence electrons. The monoisotopic (exact) mass is 955 g/mol. The van der Waals surface area contributed by atoms with Gasteiger partial charge in [-0.25, -0.2) is 0 Å². The van der Waals surface area contributed by atoms with E-state index in [9.17, 15) is 14.4 Å². The van der Waals surface area contributed by atoms with Gasteiger partial charge in [0, 0.05) is 19.3 Å². The number of unbranched alkanes of at least 4 members (excludes halogenated alkanes) is 20. The molecule has 0 N–H and O–H groups in total. The van der Waals surface area contributed by atoms with Gasteiger partial charge in [-0.2, -0.15) is 0 Å². The van der Waals surface area contributed by atoms with Crippen molar-refractivity contribution in [2.75, 3.05) is 13.2 Å². The van der Waals surface area contributed by atoms with Crippen molar-refractivity contribution in [1.82, 2.24) is 0 Å². The van der Waals surface area contributed by atoms with Gasteiger partial charge < -0.3 is 14.2 Å². The summed E-state index contributed by atoms with van der Waals surface area (Å²) in [5.74, 6) is -0.939. The number of carbonyl (C=O) groups excluding carboxylic acids is 3. The van der Waals surface area contributed by atoms with Crippen molar-refractivity contribution in [1.29, 1.82) is 0 Å². The first-order valence-electron chi connectivity index (χ1n) is 28.1. The van der Waals surface area contributed by atoms with Crippen molar-refractivity contribution < 1.29 is 28.6 Å². The Bertz CT molecular complexity index is 1470. The second-order valence-electron chi connectivity index (χ2n) is 18.1. The van der Waals surface area contributed by atoms with Gasteiger partial charge >= 0.3 is 17.9 Å². The van der Waals surface area contributed by atoms with Crippen molar-refractivity contribution in [2.24, 2.45) is 0 Å². The van der Waals surface area contributed by atoms with E-state index in [-0.39, 0.29) is 31.1 Å². The molecule has 0 rings (SSSR count). The number of hydrogen-bond donors (Lipinski definition) is 0. The molecule has 0 radical (unpaired) electrons. The molecule has 0 aliphatic carbocycles. The predicted molar refractivity (Wildman–Crippen MR) is 297 cm³/mol. The van der Waals surface area contributed by atoms with Crippen LogP contribution in [0.2, 0.25) is 0 Å². The van der Waals surface area contributed by atoms with Crippen LogP contribution in [-0.2, 0) is 28.6 Å². The van der Waals surface area contributed by atoms with Crippen molar-refractivity contribution in [2.45, 2.75) is 245 Å². The summed E-state index contributed by atoms with van der Waals surface area (Å²) in [6.45, 7) is 6.25. The van der Waals surface area contributed by atoms with E-state index < -0.39 is 6.10 Å². The fraction of sp³-hybridized carbons (Fsp3) is 0.635. The minimum atomic E-state index is -0.800. The van der Waals surface area contributed by atoms with Gasteiger partial charge in [0.15, 0.2) is 6.10 Å². The zero-order chi connectivity index (χ0) is 50.0. The van der Waals surface area contributed by atoms with Crippen LogP contribution in [0.1, 0.15) is 239 Å². The van der Waals surface area contributed by atoms with Crippen molar-refractivity contribution in [3.63, 3.8) is 0 Å². The van der Waals surface area contributed by atoms with Gasteiger partial charge in [0.05, 0.1) is 0 Å². The predicted octanol–water partition coefficient (Wildman–Crippen LogP) is 18.9. The summed E-state index contributed by atoms with van der Waals surface area (Å²) in [7, 11) is 0. The molecule has 0 saturated carbocycles.